The lowest BCUT2D eigenvalue weighted by Crippen LogP contribution is -2.30. The van der Waals surface area contributed by atoms with Crippen molar-refractivity contribution in [3.05, 3.63) is 29.8 Å². The molecule has 0 unspecified atom stereocenters. The molecule has 0 fully saturated rings. The summed E-state index contributed by atoms with van der Waals surface area (Å²) >= 11 is 1.87. The normalized spacial score (nSPS) is 14.5. The van der Waals surface area contributed by atoms with Crippen molar-refractivity contribution in [2.75, 3.05) is 19.1 Å². The SMILES string of the molecule is COc1ccc([C@H](C)N[C@H](C)CSC)cc1. The number of hydrogen-bond donors (Lipinski definition) is 1. The summed E-state index contributed by atoms with van der Waals surface area (Å²) in [6.45, 7) is 4.41. The highest BCUT2D eigenvalue weighted by molar-refractivity contribution is 7.98. The predicted molar refractivity (Wildman–Crippen MR) is 72.4 cm³/mol. The summed E-state index contributed by atoms with van der Waals surface area (Å²) in [5, 5.41) is 3.57. The van der Waals surface area contributed by atoms with Gasteiger partial charge < -0.3 is 10.1 Å². The first-order chi connectivity index (χ1) is 7.67. The van der Waals surface area contributed by atoms with Crippen LogP contribution in [0.1, 0.15) is 25.5 Å². The van der Waals surface area contributed by atoms with Gasteiger partial charge in [-0.25, -0.2) is 0 Å². The fourth-order valence-corrected chi connectivity index (χ4v) is 2.31. The van der Waals surface area contributed by atoms with Crippen LogP contribution in [0.2, 0.25) is 0 Å². The maximum Gasteiger partial charge on any atom is 0.118 e. The van der Waals surface area contributed by atoms with E-state index in [2.05, 4.69) is 37.6 Å². The van der Waals surface area contributed by atoms with E-state index in [1.54, 1.807) is 7.11 Å². The number of benzene rings is 1. The molecule has 1 N–H and O–H groups in total. The number of thioether (sulfide) groups is 1. The zero-order valence-electron chi connectivity index (χ0n) is 10.5. The first-order valence-electron chi connectivity index (χ1n) is 5.56. The maximum absolute atomic E-state index is 5.14. The molecular weight excluding hydrogens is 218 g/mol. The van der Waals surface area contributed by atoms with E-state index >= 15 is 0 Å². The Kier molecular flexibility index (Phi) is 5.71. The molecule has 0 heterocycles. The minimum absolute atomic E-state index is 0.382. The number of rotatable bonds is 6. The van der Waals surface area contributed by atoms with Crippen LogP contribution in [-0.4, -0.2) is 25.2 Å². The van der Waals surface area contributed by atoms with Gasteiger partial charge in [-0.05, 0) is 37.8 Å². The molecule has 0 aliphatic rings. The van der Waals surface area contributed by atoms with Crippen LogP contribution in [-0.2, 0) is 0 Å². The fourth-order valence-electron chi connectivity index (χ4n) is 1.71. The van der Waals surface area contributed by atoms with Gasteiger partial charge in [-0.15, -0.1) is 0 Å². The minimum Gasteiger partial charge on any atom is -0.497 e. The highest BCUT2D eigenvalue weighted by atomic mass is 32.2. The molecule has 1 aromatic rings. The summed E-state index contributed by atoms with van der Waals surface area (Å²) in [5.74, 6) is 2.05. The Labute approximate surface area is 103 Å². The molecule has 16 heavy (non-hydrogen) atoms. The van der Waals surface area contributed by atoms with E-state index in [0.717, 1.165) is 11.5 Å². The second-order valence-electron chi connectivity index (χ2n) is 4.02. The second kappa shape index (κ2) is 6.81. The van der Waals surface area contributed by atoms with Gasteiger partial charge in [0.15, 0.2) is 0 Å². The van der Waals surface area contributed by atoms with Gasteiger partial charge in [0.2, 0.25) is 0 Å². The van der Waals surface area contributed by atoms with Gasteiger partial charge in [0.05, 0.1) is 7.11 Å². The number of methoxy groups -OCH3 is 1. The van der Waals surface area contributed by atoms with E-state index in [0.29, 0.717) is 12.1 Å². The van der Waals surface area contributed by atoms with Gasteiger partial charge in [0.1, 0.15) is 5.75 Å². The lowest BCUT2D eigenvalue weighted by atomic mass is 10.1. The molecular formula is C13H21NOS. The van der Waals surface area contributed by atoms with Crippen LogP contribution in [0.5, 0.6) is 5.75 Å². The average molecular weight is 239 g/mol. The molecule has 0 spiro atoms. The topological polar surface area (TPSA) is 21.3 Å². The summed E-state index contributed by atoms with van der Waals surface area (Å²) in [4.78, 5) is 0. The third-order valence-corrected chi connectivity index (χ3v) is 3.40. The molecule has 1 rings (SSSR count). The molecule has 0 aliphatic carbocycles. The van der Waals surface area contributed by atoms with Gasteiger partial charge in [0, 0.05) is 17.8 Å². The van der Waals surface area contributed by atoms with Crippen molar-refractivity contribution in [2.45, 2.75) is 25.9 Å². The van der Waals surface area contributed by atoms with Crippen LogP contribution in [0.25, 0.3) is 0 Å². The van der Waals surface area contributed by atoms with E-state index < -0.39 is 0 Å². The van der Waals surface area contributed by atoms with E-state index in [4.69, 9.17) is 4.74 Å². The fraction of sp³-hybridized carbons (Fsp3) is 0.538. The van der Waals surface area contributed by atoms with Gasteiger partial charge in [-0.2, -0.15) is 11.8 Å². The number of ether oxygens (including phenoxy) is 1. The van der Waals surface area contributed by atoms with Gasteiger partial charge in [-0.1, -0.05) is 12.1 Å². The van der Waals surface area contributed by atoms with Gasteiger partial charge >= 0.3 is 0 Å². The van der Waals surface area contributed by atoms with E-state index in [9.17, 15) is 0 Å². The zero-order chi connectivity index (χ0) is 12.0. The predicted octanol–water partition coefficient (Wildman–Crippen LogP) is 3.10. The van der Waals surface area contributed by atoms with Crippen LogP contribution in [0, 0.1) is 0 Å². The Morgan fingerprint density at radius 2 is 1.88 bits per heavy atom. The maximum atomic E-state index is 5.14. The molecule has 0 bridgehead atoms. The van der Waals surface area contributed by atoms with Gasteiger partial charge in [0.25, 0.3) is 0 Å². The highest BCUT2D eigenvalue weighted by Crippen LogP contribution is 2.17. The van der Waals surface area contributed by atoms with E-state index in [1.807, 2.05) is 23.9 Å². The Morgan fingerprint density at radius 3 is 2.38 bits per heavy atom. The summed E-state index contributed by atoms with van der Waals surface area (Å²) in [6, 6.07) is 9.16. The number of hydrogen-bond acceptors (Lipinski definition) is 3. The molecule has 0 radical (unpaired) electrons. The highest BCUT2D eigenvalue weighted by Gasteiger charge is 2.08. The molecule has 2 atom stereocenters. The summed E-state index contributed by atoms with van der Waals surface area (Å²) in [6.07, 6.45) is 2.14. The van der Waals surface area contributed by atoms with Crippen molar-refractivity contribution in [1.29, 1.82) is 0 Å². The van der Waals surface area contributed by atoms with Crippen LogP contribution >= 0.6 is 11.8 Å². The molecule has 90 valence electrons. The standard InChI is InChI=1S/C13H21NOS/c1-10(9-16-4)14-11(2)12-5-7-13(15-3)8-6-12/h5-8,10-11,14H,9H2,1-4H3/t10-,11+/m1/s1. The van der Waals surface area contributed by atoms with Crippen molar-refractivity contribution in [3.8, 4) is 5.75 Å². The third-order valence-electron chi connectivity index (χ3n) is 2.57. The van der Waals surface area contributed by atoms with E-state index in [-0.39, 0.29) is 0 Å². The molecule has 2 nitrogen and oxygen atoms in total. The third kappa shape index (κ3) is 4.06. The van der Waals surface area contributed by atoms with Crippen molar-refractivity contribution >= 4 is 11.8 Å². The van der Waals surface area contributed by atoms with Crippen molar-refractivity contribution in [3.63, 3.8) is 0 Å². The Hall–Kier alpha value is -0.670. The zero-order valence-corrected chi connectivity index (χ0v) is 11.3. The monoisotopic (exact) mass is 239 g/mol. The van der Waals surface area contributed by atoms with Crippen LogP contribution in [0.3, 0.4) is 0 Å². The quantitative estimate of drug-likeness (QED) is 0.824. The minimum atomic E-state index is 0.382. The lowest BCUT2D eigenvalue weighted by Gasteiger charge is -2.19. The Balaban J connectivity index is 2.55. The molecule has 0 aromatic heterocycles. The largest absolute Gasteiger partial charge is 0.497 e. The molecule has 0 aliphatic heterocycles. The van der Waals surface area contributed by atoms with Crippen LogP contribution < -0.4 is 10.1 Å². The van der Waals surface area contributed by atoms with Gasteiger partial charge in [-0.3, -0.25) is 0 Å². The van der Waals surface area contributed by atoms with Crippen molar-refractivity contribution in [1.82, 2.24) is 5.32 Å². The summed E-state index contributed by atoms with van der Waals surface area (Å²) in [7, 11) is 1.69. The average Bonchev–Trinajstić information content (AvgIpc) is 2.29. The second-order valence-corrected chi connectivity index (χ2v) is 4.93. The Morgan fingerprint density at radius 1 is 1.25 bits per heavy atom. The van der Waals surface area contributed by atoms with Crippen molar-refractivity contribution < 1.29 is 4.74 Å². The lowest BCUT2D eigenvalue weighted by molar-refractivity contribution is 0.414. The summed E-state index contributed by atoms with van der Waals surface area (Å²) in [5.41, 5.74) is 1.30. The first kappa shape index (κ1) is 13.4. The number of nitrogens with one attached hydrogen (secondary N) is 1. The molecule has 0 saturated carbocycles. The van der Waals surface area contributed by atoms with Crippen LogP contribution in [0.4, 0.5) is 0 Å². The van der Waals surface area contributed by atoms with Crippen molar-refractivity contribution in [2.24, 2.45) is 0 Å². The molecule has 0 saturated heterocycles. The summed E-state index contributed by atoms with van der Waals surface area (Å²) < 4.78 is 5.14. The molecule has 0 amide bonds. The Bertz CT molecular complexity index is 299. The molecule has 3 heteroatoms. The van der Waals surface area contributed by atoms with E-state index in [1.165, 1.54) is 5.56 Å². The molecule has 1 aromatic carbocycles. The smallest absolute Gasteiger partial charge is 0.118 e. The first-order valence-corrected chi connectivity index (χ1v) is 6.95. The van der Waals surface area contributed by atoms with Crippen LogP contribution in [0.15, 0.2) is 24.3 Å².